The van der Waals surface area contributed by atoms with E-state index in [1.165, 1.54) is 24.3 Å². The van der Waals surface area contributed by atoms with Crippen molar-refractivity contribution in [3.63, 3.8) is 0 Å². The van der Waals surface area contributed by atoms with Crippen LogP contribution >= 0.6 is 11.4 Å². The van der Waals surface area contributed by atoms with E-state index in [9.17, 15) is 18.0 Å². The monoisotopic (exact) mass is 292 g/mol. The van der Waals surface area contributed by atoms with Crippen LogP contribution in [-0.4, -0.2) is 23.5 Å². The largest absolute Gasteiger partial charge is 0.462 e. The predicted octanol–water partition coefficient (Wildman–Crippen LogP) is 3.64. The Morgan fingerprint density at radius 3 is 2.37 bits per heavy atom. The van der Waals surface area contributed by atoms with Gasteiger partial charge in [0.25, 0.3) is 0 Å². The highest BCUT2D eigenvalue weighted by molar-refractivity contribution is 7.98. The van der Waals surface area contributed by atoms with Crippen LogP contribution in [0.25, 0.3) is 0 Å². The van der Waals surface area contributed by atoms with E-state index in [0.717, 1.165) is 5.37 Å². The molecule has 1 aromatic carbocycles. The van der Waals surface area contributed by atoms with Gasteiger partial charge < -0.3 is 4.74 Å². The molecule has 0 aromatic heterocycles. The molecular weight excluding hydrogens is 277 g/mol. The Morgan fingerprint density at radius 2 is 1.89 bits per heavy atom. The summed E-state index contributed by atoms with van der Waals surface area (Å²) in [6.07, 6.45) is 0. The van der Waals surface area contributed by atoms with Crippen molar-refractivity contribution in [3.8, 4) is 0 Å². The van der Waals surface area contributed by atoms with Crippen LogP contribution in [0, 0.1) is 5.92 Å². The van der Waals surface area contributed by atoms with E-state index in [-0.39, 0.29) is 5.92 Å². The van der Waals surface area contributed by atoms with Gasteiger partial charge in [-0.15, -0.1) is 0 Å². The minimum absolute atomic E-state index is 0.238. The number of rotatable bonds is 4. The van der Waals surface area contributed by atoms with Crippen molar-refractivity contribution in [1.29, 1.82) is 0 Å². The summed E-state index contributed by atoms with van der Waals surface area (Å²) >= 11 is -0.730. The molecule has 6 heteroatoms. The van der Waals surface area contributed by atoms with Crippen molar-refractivity contribution in [1.82, 2.24) is 0 Å². The maximum atomic E-state index is 12.0. The second-order valence-electron chi connectivity index (χ2n) is 4.34. The lowest BCUT2D eigenvalue weighted by molar-refractivity contribution is -0.0309. The second kappa shape index (κ2) is 6.75. The average Bonchev–Trinajstić information content (AvgIpc) is 2.33. The molecule has 0 spiro atoms. The molecule has 0 heterocycles. The van der Waals surface area contributed by atoms with Crippen LogP contribution in [-0.2, 0) is 4.74 Å². The molecule has 0 aliphatic rings. The van der Waals surface area contributed by atoms with Crippen molar-refractivity contribution in [3.05, 3.63) is 35.4 Å². The average molecular weight is 292 g/mol. The van der Waals surface area contributed by atoms with E-state index in [2.05, 4.69) is 0 Å². The first-order valence-electron chi connectivity index (χ1n) is 5.67. The van der Waals surface area contributed by atoms with E-state index in [0.29, 0.717) is 17.7 Å². The number of hydrogen-bond donors (Lipinski definition) is 1. The van der Waals surface area contributed by atoms with Crippen LogP contribution in [0.2, 0.25) is 0 Å². The molecular formula is C13H15F3O2S. The van der Waals surface area contributed by atoms with E-state index >= 15 is 0 Å². The van der Waals surface area contributed by atoms with Gasteiger partial charge in [0, 0.05) is 0 Å². The molecule has 19 heavy (non-hydrogen) atoms. The van der Waals surface area contributed by atoms with Crippen molar-refractivity contribution in [2.24, 2.45) is 5.92 Å². The topological polar surface area (TPSA) is 26.3 Å². The third-order valence-corrected chi connectivity index (χ3v) is 2.77. The number of carbonyl (C=O) groups is 1. The molecule has 0 unspecified atom stereocenters. The van der Waals surface area contributed by atoms with Crippen LogP contribution < -0.4 is 0 Å². The van der Waals surface area contributed by atoms with Gasteiger partial charge in [0.05, 0.1) is 12.2 Å². The summed E-state index contributed by atoms with van der Waals surface area (Å²) in [5, 5.41) is 1.04. The molecule has 0 saturated heterocycles. The molecule has 0 saturated carbocycles. The van der Waals surface area contributed by atoms with Crippen molar-refractivity contribution < 1.29 is 22.7 Å². The third-order valence-electron chi connectivity index (χ3n) is 2.05. The predicted molar refractivity (Wildman–Crippen MR) is 71.8 cm³/mol. The summed E-state index contributed by atoms with van der Waals surface area (Å²) < 4.78 is 41.0. The number of alkyl halides is 3. The molecule has 1 aromatic rings. The van der Waals surface area contributed by atoms with Crippen LogP contribution in [0.5, 0.6) is 0 Å². The fourth-order valence-corrected chi connectivity index (χ4v) is 1.65. The summed E-state index contributed by atoms with van der Waals surface area (Å²) in [5.74, 6) is -0.226. The Labute approximate surface area is 113 Å². The quantitative estimate of drug-likeness (QED) is 0.521. The van der Waals surface area contributed by atoms with E-state index in [1.807, 2.05) is 13.8 Å². The van der Waals surface area contributed by atoms with E-state index in [4.69, 9.17) is 4.74 Å². The number of carbonyl (C=O) groups excluding carboxylic acids is 1. The lowest BCUT2D eigenvalue weighted by atomic mass is 10.1. The molecule has 0 N–H and O–H groups in total. The van der Waals surface area contributed by atoms with Gasteiger partial charge in [0.1, 0.15) is 0 Å². The Bertz CT molecular complexity index is 450. The lowest BCUT2D eigenvalue weighted by Gasteiger charge is -2.07. The smallest absolute Gasteiger partial charge is 0.434 e. The Kier molecular flexibility index (Phi) is 5.60. The Morgan fingerprint density at radius 1 is 1.32 bits per heavy atom. The van der Waals surface area contributed by atoms with Gasteiger partial charge in [-0.05, 0) is 29.0 Å². The maximum absolute atomic E-state index is 12.0. The number of benzene rings is 1. The number of hydrogen-bond acceptors (Lipinski definition) is 2. The Balaban J connectivity index is 2.66. The summed E-state index contributed by atoms with van der Waals surface area (Å²) in [6.45, 7) is 4.16. The van der Waals surface area contributed by atoms with Crippen LogP contribution in [0.4, 0.5) is 13.2 Å². The van der Waals surface area contributed by atoms with Crippen LogP contribution in [0.3, 0.4) is 0 Å². The van der Waals surface area contributed by atoms with Crippen molar-refractivity contribution in [2.45, 2.75) is 19.4 Å². The number of halogens is 3. The summed E-state index contributed by atoms with van der Waals surface area (Å²) in [5.41, 5.74) is -3.49. The highest BCUT2D eigenvalue weighted by Gasteiger charge is 2.21. The standard InChI is InChI=1S/C13H15F3O2S/c1-9(2)7-18-12(17)11-5-3-10(4-6-11)8-19-13(14,15)16/h3-6,8-9,19H,7H2,1-2H3. The van der Waals surface area contributed by atoms with Gasteiger partial charge in [-0.3, -0.25) is 0 Å². The molecule has 106 valence electrons. The highest BCUT2D eigenvalue weighted by Crippen LogP contribution is 2.24. The summed E-state index contributed by atoms with van der Waals surface area (Å²) in [4.78, 5) is 11.6. The SMILES string of the molecule is CC(C)COC(=O)c1ccc(C=[SH]C(F)(F)F)cc1. The molecule has 0 radical (unpaired) electrons. The minimum Gasteiger partial charge on any atom is -0.462 e. The first kappa shape index (κ1) is 15.8. The molecule has 1 rings (SSSR count). The van der Waals surface area contributed by atoms with Gasteiger partial charge in [-0.1, -0.05) is 37.3 Å². The van der Waals surface area contributed by atoms with Gasteiger partial charge in [-0.2, -0.15) is 13.2 Å². The second-order valence-corrected chi connectivity index (χ2v) is 5.36. The zero-order valence-corrected chi connectivity index (χ0v) is 11.5. The molecule has 2 nitrogen and oxygen atoms in total. The third kappa shape index (κ3) is 6.42. The van der Waals surface area contributed by atoms with Gasteiger partial charge in [-0.25, -0.2) is 4.79 Å². The van der Waals surface area contributed by atoms with Gasteiger partial charge >= 0.3 is 11.5 Å². The zero-order valence-electron chi connectivity index (χ0n) is 10.6. The molecule has 0 amide bonds. The zero-order chi connectivity index (χ0) is 14.5. The summed E-state index contributed by atoms with van der Waals surface area (Å²) in [6, 6.07) is 5.84. The fourth-order valence-electron chi connectivity index (χ4n) is 1.18. The molecule has 0 bridgehead atoms. The van der Waals surface area contributed by atoms with E-state index < -0.39 is 22.8 Å². The minimum atomic E-state index is -4.24. The Hall–Kier alpha value is -1.30. The summed E-state index contributed by atoms with van der Waals surface area (Å²) in [7, 11) is 0. The number of esters is 1. The normalized spacial score (nSPS) is 12.5. The lowest BCUT2D eigenvalue weighted by Crippen LogP contribution is -2.10. The first-order chi connectivity index (χ1) is 8.78. The van der Waals surface area contributed by atoms with Crippen molar-refractivity contribution >= 4 is 22.7 Å². The van der Waals surface area contributed by atoms with Gasteiger partial charge in [0.2, 0.25) is 0 Å². The molecule has 0 atom stereocenters. The molecule has 0 fully saturated rings. The molecule has 0 aliphatic carbocycles. The maximum Gasteiger partial charge on any atom is 0.434 e. The van der Waals surface area contributed by atoms with Crippen molar-refractivity contribution in [2.75, 3.05) is 6.61 Å². The van der Waals surface area contributed by atoms with Crippen LogP contribution in [0.1, 0.15) is 29.8 Å². The highest BCUT2D eigenvalue weighted by atomic mass is 32.1. The first-order valence-corrected chi connectivity index (χ1v) is 6.63. The number of thiol groups is 1. The molecule has 0 aliphatic heterocycles. The van der Waals surface area contributed by atoms with Gasteiger partial charge in [0.15, 0.2) is 0 Å². The number of ether oxygens (including phenoxy) is 1. The van der Waals surface area contributed by atoms with E-state index in [1.54, 1.807) is 0 Å². The fraction of sp³-hybridized carbons (Fsp3) is 0.385. The van der Waals surface area contributed by atoms with Crippen LogP contribution in [0.15, 0.2) is 24.3 Å².